The number of phenolic OH excluding ortho intramolecular Hbond substituents is 1. The second-order valence-electron chi connectivity index (χ2n) is 4.32. The van der Waals surface area contributed by atoms with Crippen molar-refractivity contribution in [2.45, 2.75) is 18.6 Å². The van der Waals surface area contributed by atoms with Crippen molar-refractivity contribution in [3.63, 3.8) is 0 Å². The van der Waals surface area contributed by atoms with E-state index in [0.717, 1.165) is 0 Å². The van der Waals surface area contributed by atoms with Crippen molar-refractivity contribution >= 4 is 18.6 Å². The van der Waals surface area contributed by atoms with Gasteiger partial charge in [-0.25, -0.2) is 0 Å². The molecule has 0 aliphatic rings. The molecular formula is C14H20O6S. The van der Waals surface area contributed by atoms with Crippen molar-refractivity contribution in [3.8, 4) is 11.5 Å². The first-order valence-electron chi connectivity index (χ1n) is 6.37. The van der Waals surface area contributed by atoms with Crippen LogP contribution in [0.1, 0.15) is 18.1 Å². The number of thiol groups is 1. The molecule has 0 heterocycles. The number of aliphatic hydroxyl groups is 1. The lowest BCUT2D eigenvalue weighted by molar-refractivity contribution is -0.141. The van der Waals surface area contributed by atoms with Crippen molar-refractivity contribution in [2.24, 2.45) is 0 Å². The minimum absolute atomic E-state index is 0.00650. The molecule has 0 spiro atoms. The summed E-state index contributed by atoms with van der Waals surface area (Å²) in [4.78, 5) is 11.0. The predicted molar refractivity (Wildman–Crippen MR) is 79.8 cm³/mol. The summed E-state index contributed by atoms with van der Waals surface area (Å²) in [5.74, 6) is -0.162. The first kappa shape index (κ1) is 17.6. The maximum Gasteiger partial charge on any atom is 0.315 e. The van der Waals surface area contributed by atoms with E-state index in [1.165, 1.54) is 20.3 Å². The summed E-state index contributed by atoms with van der Waals surface area (Å²) in [5.41, 5.74) is 0.487. The lowest BCUT2D eigenvalue weighted by Crippen LogP contribution is -2.23. The van der Waals surface area contributed by atoms with Crippen molar-refractivity contribution in [1.82, 2.24) is 0 Å². The molecule has 2 atom stereocenters. The van der Waals surface area contributed by atoms with Gasteiger partial charge in [-0.2, -0.15) is 12.6 Å². The van der Waals surface area contributed by atoms with Crippen LogP contribution in [0, 0.1) is 0 Å². The SMILES string of the molecule is COc1ccc([C@@H](O)[C@@H](CCOC(=O)CS)OC)cc1O. The number of ether oxygens (including phenoxy) is 3. The number of aliphatic hydroxyl groups excluding tert-OH is 1. The Bertz CT molecular complexity index is 465. The van der Waals surface area contributed by atoms with Gasteiger partial charge in [-0.05, 0) is 17.7 Å². The number of methoxy groups -OCH3 is 2. The van der Waals surface area contributed by atoms with Crippen LogP contribution in [-0.4, -0.2) is 48.9 Å². The highest BCUT2D eigenvalue weighted by molar-refractivity contribution is 7.81. The second kappa shape index (κ2) is 8.76. The first-order valence-corrected chi connectivity index (χ1v) is 7.01. The minimum atomic E-state index is -0.957. The Morgan fingerprint density at radius 3 is 2.62 bits per heavy atom. The Morgan fingerprint density at radius 2 is 2.10 bits per heavy atom. The third kappa shape index (κ3) is 5.11. The van der Waals surface area contributed by atoms with E-state index in [4.69, 9.17) is 14.2 Å². The van der Waals surface area contributed by atoms with Gasteiger partial charge in [-0.15, -0.1) is 0 Å². The van der Waals surface area contributed by atoms with E-state index in [2.05, 4.69) is 12.6 Å². The van der Waals surface area contributed by atoms with Gasteiger partial charge in [-0.3, -0.25) is 4.79 Å². The summed E-state index contributed by atoms with van der Waals surface area (Å²) < 4.78 is 15.0. The molecule has 1 rings (SSSR count). The zero-order valence-corrected chi connectivity index (χ0v) is 12.9. The largest absolute Gasteiger partial charge is 0.504 e. The van der Waals surface area contributed by atoms with Crippen LogP contribution >= 0.6 is 12.6 Å². The number of hydrogen-bond acceptors (Lipinski definition) is 7. The Labute approximate surface area is 129 Å². The van der Waals surface area contributed by atoms with Crippen molar-refractivity contribution in [1.29, 1.82) is 0 Å². The predicted octanol–water partition coefficient (Wildman–Crippen LogP) is 1.31. The van der Waals surface area contributed by atoms with Gasteiger partial charge in [0.2, 0.25) is 0 Å². The molecule has 7 heteroatoms. The molecule has 0 saturated heterocycles. The van der Waals surface area contributed by atoms with Gasteiger partial charge < -0.3 is 24.4 Å². The van der Waals surface area contributed by atoms with E-state index in [1.807, 2.05) is 0 Å². The van der Waals surface area contributed by atoms with E-state index in [1.54, 1.807) is 12.1 Å². The zero-order chi connectivity index (χ0) is 15.8. The summed E-state index contributed by atoms with van der Waals surface area (Å²) in [7, 11) is 2.90. The van der Waals surface area contributed by atoms with Gasteiger partial charge in [0.15, 0.2) is 11.5 Å². The van der Waals surface area contributed by atoms with Gasteiger partial charge in [0.1, 0.15) is 6.10 Å². The Hall–Kier alpha value is -1.44. The van der Waals surface area contributed by atoms with Crippen LogP contribution in [0.3, 0.4) is 0 Å². The van der Waals surface area contributed by atoms with Crippen LogP contribution in [0.25, 0.3) is 0 Å². The molecule has 6 nitrogen and oxygen atoms in total. The zero-order valence-electron chi connectivity index (χ0n) is 12.0. The molecule has 0 fully saturated rings. The molecule has 0 amide bonds. The van der Waals surface area contributed by atoms with Crippen molar-refractivity contribution in [3.05, 3.63) is 23.8 Å². The number of rotatable bonds is 8. The van der Waals surface area contributed by atoms with E-state index < -0.39 is 18.2 Å². The lowest BCUT2D eigenvalue weighted by Gasteiger charge is -2.22. The molecule has 0 aliphatic heterocycles. The lowest BCUT2D eigenvalue weighted by atomic mass is 10.0. The fraction of sp³-hybridized carbons (Fsp3) is 0.500. The number of phenols is 1. The number of hydrogen-bond donors (Lipinski definition) is 3. The summed E-state index contributed by atoms with van der Waals surface area (Å²) >= 11 is 3.80. The molecule has 0 saturated carbocycles. The quantitative estimate of drug-likeness (QED) is 0.495. The van der Waals surface area contributed by atoms with Crippen LogP contribution in [0.2, 0.25) is 0 Å². The molecule has 0 aromatic heterocycles. The average molecular weight is 316 g/mol. The number of aromatic hydroxyl groups is 1. The van der Waals surface area contributed by atoms with Crippen molar-refractivity contribution in [2.75, 3.05) is 26.6 Å². The maximum absolute atomic E-state index is 11.0. The summed E-state index contributed by atoms with van der Waals surface area (Å²) in [5, 5.41) is 20.0. The van der Waals surface area contributed by atoms with Gasteiger partial charge in [0.25, 0.3) is 0 Å². The highest BCUT2D eigenvalue weighted by Crippen LogP contribution is 2.31. The van der Waals surface area contributed by atoms with E-state index >= 15 is 0 Å². The molecule has 0 radical (unpaired) electrons. The van der Waals surface area contributed by atoms with Crippen LogP contribution < -0.4 is 4.74 Å². The van der Waals surface area contributed by atoms with Gasteiger partial charge in [0, 0.05) is 13.5 Å². The topological polar surface area (TPSA) is 85.2 Å². The molecular weight excluding hydrogens is 296 g/mol. The van der Waals surface area contributed by atoms with E-state index in [9.17, 15) is 15.0 Å². The highest BCUT2D eigenvalue weighted by atomic mass is 32.1. The number of carbonyl (C=O) groups is 1. The van der Waals surface area contributed by atoms with Gasteiger partial charge >= 0.3 is 5.97 Å². The standard InChI is InChI=1S/C14H20O6S/c1-18-11-4-3-9(7-10(11)15)14(17)12(19-2)5-6-20-13(16)8-21/h3-4,7,12,14-15,17,21H,5-6,8H2,1-2H3/t12-,14-/m1/s1. The minimum Gasteiger partial charge on any atom is -0.504 e. The molecule has 0 aliphatic carbocycles. The third-order valence-corrected chi connectivity index (χ3v) is 3.25. The molecule has 0 bridgehead atoms. The Morgan fingerprint density at radius 1 is 1.38 bits per heavy atom. The highest BCUT2D eigenvalue weighted by Gasteiger charge is 2.22. The molecule has 2 N–H and O–H groups in total. The summed E-state index contributed by atoms with van der Waals surface area (Å²) in [6, 6.07) is 4.60. The van der Waals surface area contributed by atoms with Gasteiger partial charge in [-0.1, -0.05) is 6.07 Å². The number of carbonyl (C=O) groups excluding carboxylic acids is 1. The third-order valence-electron chi connectivity index (χ3n) is 2.99. The van der Waals surface area contributed by atoms with E-state index in [0.29, 0.717) is 17.7 Å². The number of benzene rings is 1. The van der Waals surface area contributed by atoms with Crippen LogP contribution in [0.15, 0.2) is 18.2 Å². The number of esters is 1. The summed E-state index contributed by atoms with van der Waals surface area (Å²) in [6.07, 6.45) is -1.20. The Balaban J connectivity index is 2.67. The second-order valence-corrected chi connectivity index (χ2v) is 4.63. The fourth-order valence-corrected chi connectivity index (χ4v) is 1.94. The first-order chi connectivity index (χ1) is 10.0. The average Bonchev–Trinajstić information content (AvgIpc) is 2.50. The van der Waals surface area contributed by atoms with E-state index in [-0.39, 0.29) is 18.1 Å². The Kier molecular flexibility index (Phi) is 7.35. The van der Waals surface area contributed by atoms with Crippen LogP contribution in [-0.2, 0) is 14.3 Å². The fourth-order valence-electron chi connectivity index (χ4n) is 1.84. The molecule has 21 heavy (non-hydrogen) atoms. The van der Waals surface area contributed by atoms with Crippen molar-refractivity contribution < 1.29 is 29.2 Å². The van der Waals surface area contributed by atoms with Gasteiger partial charge in [0.05, 0.1) is 25.6 Å². The molecule has 1 aromatic carbocycles. The monoisotopic (exact) mass is 316 g/mol. The van der Waals surface area contributed by atoms with Crippen LogP contribution in [0.4, 0.5) is 0 Å². The summed E-state index contributed by atoms with van der Waals surface area (Å²) in [6.45, 7) is 0.122. The van der Waals surface area contributed by atoms with Crippen LogP contribution in [0.5, 0.6) is 11.5 Å². The smallest absolute Gasteiger partial charge is 0.315 e. The molecule has 1 aromatic rings. The maximum atomic E-state index is 11.0. The molecule has 0 unspecified atom stereocenters. The molecule has 118 valence electrons. The normalized spacial score (nSPS) is 13.5.